The fraction of sp³-hybridized carbons (Fsp3) is 0.182. The highest BCUT2D eigenvalue weighted by atomic mass is 19.1. The number of anilines is 1. The minimum atomic E-state index is -0.584. The van der Waals surface area contributed by atoms with E-state index in [2.05, 4.69) is 27.1 Å². The molecule has 0 spiro atoms. The van der Waals surface area contributed by atoms with E-state index in [0.29, 0.717) is 37.1 Å². The van der Waals surface area contributed by atoms with Crippen LogP contribution in [0.25, 0.3) is 11.4 Å². The number of halogens is 1. The third-order valence-electron chi connectivity index (χ3n) is 3.87. The van der Waals surface area contributed by atoms with E-state index < -0.39 is 11.7 Å². The zero-order valence-electron chi connectivity index (χ0n) is 15.9. The summed E-state index contributed by atoms with van der Waals surface area (Å²) in [7, 11) is 0. The number of ether oxygens (including phenoxy) is 2. The van der Waals surface area contributed by atoms with Crippen LogP contribution in [-0.2, 0) is 9.53 Å². The number of hydrogen-bond donors (Lipinski definition) is 2. The lowest BCUT2D eigenvalue weighted by atomic mass is 10.1. The van der Waals surface area contributed by atoms with Crippen LogP contribution in [0, 0.1) is 17.7 Å². The summed E-state index contributed by atoms with van der Waals surface area (Å²) in [6.07, 6.45) is 3.35. The topological polar surface area (TPSA) is 76.2 Å². The van der Waals surface area contributed by atoms with Crippen LogP contribution in [0.2, 0.25) is 0 Å². The van der Waals surface area contributed by atoms with E-state index in [1.807, 2.05) is 13.0 Å². The lowest BCUT2D eigenvalue weighted by Gasteiger charge is -2.12. The SMILES string of the molecule is CCOCCOc1ccc(-c2ncc[nH]2)cc1NC(=O)C#Cc1ccccc1F. The van der Waals surface area contributed by atoms with E-state index in [4.69, 9.17) is 9.47 Å². The first kappa shape index (κ1) is 20.1. The Bertz CT molecular complexity index is 1020. The number of nitrogens with zero attached hydrogens (tertiary/aromatic N) is 1. The highest BCUT2D eigenvalue weighted by Crippen LogP contribution is 2.29. The number of aromatic amines is 1. The van der Waals surface area contributed by atoms with Gasteiger partial charge in [0.2, 0.25) is 0 Å². The largest absolute Gasteiger partial charge is 0.489 e. The van der Waals surface area contributed by atoms with Gasteiger partial charge in [0.1, 0.15) is 24.0 Å². The predicted octanol–water partition coefficient (Wildman–Crippen LogP) is 3.62. The summed E-state index contributed by atoms with van der Waals surface area (Å²) in [6.45, 7) is 3.25. The van der Waals surface area contributed by atoms with Crippen molar-refractivity contribution < 1.29 is 18.7 Å². The van der Waals surface area contributed by atoms with Crippen molar-refractivity contribution in [3.8, 4) is 29.0 Å². The van der Waals surface area contributed by atoms with Gasteiger partial charge in [-0.05, 0) is 37.3 Å². The number of benzene rings is 2. The highest BCUT2D eigenvalue weighted by molar-refractivity contribution is 6.05. The number of carbonyl (C=O) groups is 1. The molecule has 3 aromatic rings. The second kappa shape index (κ2) is 10.1. The Morgan fingerprint density at radius 1 is 1.24 bits per heavy atom. The van der Waals surface area contributed by atoms with Crippen molar-refractivity contribution in [3.05, 3.63) is 66.2 Å². The lowest BCUT2D eigenvalue weighted by Crippen LogP contribution is -2.12. The maximum absolute atomic E-state index is 13.7. The zero-order valence-corrected chi connectivity index (χ0v) is 15.9. The third kappa shape index (κ3) is 5.67. The molecule has 6 nitrogen and oxygen atoms in total. The van der Waals surface area contributed by atoms with E-state index in [1.54, 1.807) is 36.7 Å². The standard InChI is InChI=1S/C22H20FN3O3/c1-2-28-13-14-29-20-9-7-17(22-24-11-12-25-22)15-19(20)26-21(27)10-8-16-5-3-4-6-18(16)23/h3-7,9,11-12,15H,2,13-14H2,1H3,(H,24,25)(H,26,27). The van der Waals surface area contributed by atoms with Crippen molar-refractivity contribution in [1.82, 2.24) is 9.97 Å². The fourth-order valence-electron chi connectivity index (χ4n) is 2.52. The maximum atomic E-state index is 13.7. The first-order chi connectivity index (χ1) is 14.2. The molecule has 2 aromatic carbocycles. The van der Waals surface area contributed by atoms with Crippen molar-refractivity contribution >= 4 is 11.6 Å². The van der Waals surface area contributed by atoms with Crippen LogP contribution in [-0.4, -0.2) is 35.7 Å². The van der Waals surface area contributed by atoms with Crippen molar-refractivity contribution in [2.45, 2.75) is 6.92 Å². The maximum Gasteiger partial charge on any atom is 0.300 e. The molecule has 0 aliphatic heterocycles. The molecule has 0 aliphatic carbocycles. The second-order valence-corrected chi connectivity index (χ2v) is 5.88. The Morgan fingerprint density at radius 2 is 2.10 bits per heavy atom. The Hall–Kier alpha value is -3.63. The first-order valence-electron chi connectivity index (χ1n) is 9.09. The Kier molecular flexibility index (Phi) is 6.98. The molecule has 29 heavy (non-hydrogen) atoms. The summed E-state index contributed by atoms with van der Waals surface area (Å²) < 4.78 is 24.7. The van der Waals surface area contributed by atoms with E-state index in [-0.39, 0.29) is 5.56 Å². The van der Waals surface area contributed by atoms with Crippen LogP contribution in [0.1, 0.15) is 12.5 Å². The van der Waals surface area contributed by atoms with Gasteiger partial charge < -0.3 is 19.8 Å². The molecule has 0 bridgehead atoms. The summed E-state index contributed by atoms with van der Waals surface area (Å²) >= 11 is 0. The number of aromatic nitrogens is 2. The minimum absolute atomic E-state index is 0.153. The van der Waals surface area contributed by atoms with E-state index in [0.717, 1.165) is 5.56 Å². The number of hydrogen-bond acceptors (Lipinski definition) is 4. The van der Waals surface area contributed by atoms with Crippen molar-refractivity contribution in [2.24, 2.45) is 0 Å². The number of carbonyl (C=O) groups excluding carboxylic acids is 1. The van der Waals surface area contributed by atoms with Gasteiger partial charge in [0.15, 0.2) is 0 Å². The molecule has 1 aromatic heterocycles. The molecule has 0 fully saturated rings. The van der Waals surface area contributed by atoms with E-state index >= 15 is 0 Å². The summed E-state index contributed by atoms with van der Waals surface area (Å²) in [4.78, 5) is 19.5. The normalized spacial score (nSPS) is 10.1. The molecule has 0 aliphatic rings. The number of nitrogens with one attached hydrogen (secondary N) is 2. The zero-order chi connectivity index (χ0) is 20.5. The van der Waals surface area contributed by atoms with Crippen LogP contribution >= 0.6 is 0 Å². The molecule has 1 amide bonds. The van der Waals surface area contributed by atoms with Crippen LogP contribution in [0.4, 0.5) is 10.1 Å². The molecule has 0 saturated carbocycles. The second-order valence-electron chi connectivity index (χ2n) is 5.88. The average Bonchev–Trinajstić information content (AvgIpc) is 3.26. The monoisotopic (exact) mass is 393 g/mol. The fourth-order valence-corrected chi connectivity index (χ4v) is 2.52. The third-order valence-corrected chi connectivity index (χ3v) is 3.87. The van der Waals surface area contributed by atoms with Gasteiger partial charge in [-0.25, -0.2) is 9.37 Å². The summed E-state index contributed by atoms with van der Waals surface area (Å²) in [5.74, 6) is 5.00. The molecule has 3 rings (SSSR count). The molecular weight excluding hydrogens is 373 g/mol. The van der Waals surface area contributed by atoms with Crippen LogP contribution < -0.4 is 10.1 Å². The highest BCUT2D eigenvalue weighted by Gasteiger charge is 2.10. The Morgan fingerprint density at radius 3 is 2.86 bits per heavy atom. The van der Waals surface area contributed by atoms with Gasteiger partial charge in [0, 0.05) is 30.5 Å². The Balaban J connectivity index is 1.80. The molecule has 0 unspecified atom stereocenters. The van der Waals surface area contributed by atoms with Crippen molar-refractivity contribution in [1.29, 1.82) is 0 Å². The van der Waals surface area contributed by atoms with Gasteiger partial charge in [0.25, 0.3) is 0 Å². The Labute approximate surface area is 168 Å². The van der Waals surface area contributed by atoms with Gasteiger partial charge in [-0.2, -0.15) is 0 Å². The molecular formula is C22H20FN3O3. The molecule has 0 saturated heterocycles. The lowest BCUT2D eigenvalue weighted by molar-refractivity contribution is -0.111. The molecule has 1 heterocycles. The molecule has 0 atom stereocenters. The first-order valence-corrected chi connectivity index (χ1v) is 9.09. The van der Waals surface area contributed by atoms with Gasteiger partial charge in [-0.1, -0.05) is 18.1 Å². The van der Waals surface area contributed by atoms with Crippen LogP contribution in [0.5, 0.6) is 5.75 Å². The van der Waals surface area contributed by atoms with Gasteiger partial charge >= 0.3 is 5.91 Å². The van der Waals surface area contributed by atoms with E-state index in [1.165, 1.54) is 12.1 Å². The van der Waals surface area contributed by atoms with Gasteiger partial charge in [0.05, 0.1) is 17.9 Å². The smallest absolute Gasteiger partial charge is 0.300 e. The number of rotatable bonds is 7. The van der Waals surface area contributed by atoms with Crippen molar-refractivity contribution in [3.63, 3.8) is 0 Å². The van der Waals surface area contributed by atoms with Gasteiger partial charge in [-0.15, -0.1) is 0 Å². The summed E-state index contributed by atoms with van der Waals surface area (Å²) in [5.41, 5.74) is 1.35. The molecule has 2 N–H and O–H groups in total. The van der Waals surface area contributed by atoms with Crippen molar-refractivity contribution in [2.75, 3.05) is 25.1 Å². The minimum Gasteiger partial charge on any atom is -0.489 e. The quantitative estimate of drug-likeness (QED) is 0.475. The van der Waals surface area contributed by atoms with Crippen LogP contribution in [0.3, 0.4) is 0 Å². The number of amides is 1. The number of H-pyrrole nitrogens is 1. The summed E-state index contributed by atoms with van der Waals surface area (Å²) in [5, 5.41) is 2.70. The molecule has 148 valence electrons. The predicted molar refractivity (Wildman–Crippen MR) is 108 cm³/mol. The number of imidazole rings is 1. The van der Waals surface area contributed by atoms with E-state index in [9.17, 15) is 9.18 Å². The average molecular weight is 393 g/mol. The summed E-state index contributed by atoms with van der Waals surface area (Å²) in [6, 6.07) is 11.3. The van der Waals surface area contributed by atoms with Crippen LogP contribution in [0.15, 0.2) is 54.9 Å². The molecule has 7 heteroatoms. The van der Waals surface area contributed by atoms with Gasteiger partial charge in [-0.3, -0.25) is 4.79 Å². The molecule has 0 radical (unpaired) electrons.